The minimum absolute atomic E-state index is 0.0550. The molecule has 0 radical (unpaired) electrons. The fourth-order valence-electron chi connectivity index (χ4n) is 3.43. The molecule has 2 nitrogen and oxygen atoms in total. The fourth-order valence-corrected chi connectivity index (χ4v) is 3.43. The van der Waals surface area contributed by atoms with Gasteiger partial charge in [-0.25, -0.2) is 0 Å². The Morgan fingerprint density at radius 1 is 1.00 bits per heavy atom. The summed E-state index contributed by atoms with van der Waals surface area (Å²) < 4.78 is 0. The van der Waals surface area contributed by atoms with Crippen LogP contribution >= 0.6 is 0 Å². The van der Waals surface area contributed by atoms with E-state index in [9.17, 15) is 4.79 Å². The smallest absolute Gasteiger partial charge is 0.306 e. The summed E-state index contributed by atoms with van der Waals surface area (Å²) in [6.07, 6.45) is 9.43. The summed E-state index contributed by atoms with van der Waals surface area (Å²) in [5.74, 6) is -0.633. The quantitative estimate of drug-likeness (QED) is 0.734. The van der Waals surface area contributed by atoms with Crippen LogP contribution in [0.4, 0.5) is 0 Å². The zero-order valence-corrected chi connectivity index (χ0v) is 10.6. The van der Waals surface area contributed by atoms with Gasteiger partial charge in [0.25, 0.3) is 0 Å². The molecule has 2 saturated carbocycles. The van der Waals surface area contributed by atoms with Crippen molar-refractivity contribution in [2.24, 2.45) is 16.7 Å². The molecule has 0 saturated heterocycles. The molecule has 0 bridgehead atoms. The van der Waals surface area contributed by atoms with E-state index < -0.39 is 5.97 Å². The lowest BCUT2D eigenvalue weighted by Gasteiger charge is -2.47. The van der Waals surface area contributed by atoms with E-state index in [4.69, 9.17) is 5.11 Å². The molecule has 1 N–H and O–H groups in total. The number of carbonyl (C=O) groups is 1. The monoisotopic (exact) mass is 224 g/mol. The highest BCUT2D eigenvalue weighted by molar-refractivity contribution is 5.70. The second kappa shape index (κ2) is 4.05. The van der Waals surface area contributed by atoms with Gasteiger partial charge in [-0.1, -0.05) is 13.8 Å². The van der Waals surface area contributed by atoms with E-state index in [-0.39, 0.29) is 5.92 Å². The van der Waals surface area contributed by atoms with Gasteiger partial charge in [-0.3, -0.25) is 4.79 Å². The van der Waals surface area contributed by atoms with Crippen molar-refractivity contribution in [2.45, 2.75) is 65.2 Å². The van der Waals surface area contributed by atoms with E-state index in [1.54, 1.807) is 0 Å². The van der Waals surface area contributed by atoms with Gasteiger partial charge in [0.2, 0.25) is 0 Å². The van der Waals surface area contributed by atoms with Crippen molar-refractivity contribution in [3.63, 3.8) is 0 Å². The van der Waals surface area contributed by atoms with Gasteiger partial charge in [0.1, 0.15) is 0 Å². The molecule has 2 rings (SSSR count). The van der Waals surface area contributed by atoms with Crippen LogP contribution in [-0.2, 0) is 4.79 Å². The van der Waals surface area contributed by atoms with Gasteiger partial charge >= 0.3 is 5.97 Å². The van der Waals surface area contributed by atoms with Crippen LogP contribution in [0.5, 0.6) is 0 Å². The van der Waals surface area contributed by atoms with Crippen LogP contribution in [-0.4, -0.2) is 11.1 Å². The van der Waals surface area contributed by atoms with Crippen LogP contribution in [0.1, 0.15) is 65.2 Å². The first kappa shape index (κ1) is 11.9. The average molecular weight is 224 g/mol. The molecule has 0 aromatic heterocycles. The predicted molar refractivity (Wildman–Crippen MR) is 64.3 cm³/mol. The molecule has 92 valence electrons. The van der Waals surface area contributed by atoms with Crippen molar-refractivity contribution in [1.82, 2.24) is 0 Å². The van der Waals surface area contributed by atoms with Crippen LogP contribution in [0, 0.1) is 16.7 Å². The minimum atomic E-state index is -0.578. The molecule has 0 aromatic rings. The van der Waals surface area contributed by atoms with Crippen LogP contribution in [0.2, 0.25) is 0 Å². The van der Waals surface area contributed by atoms with Gasteiger partial charge in [-0.15, -0.1) is 0 Å². The van der Waals surface area contributed by atoms with Crippen LogP contribution in [0.3, 0.4) is 0 Å². The molecular weight excluding hydrogens is 200 g/mol. The summed E-state index contributed by atoms with van der Waals surface area (Å²) >= 11 is 0. The Morgan fingerprint density at radius 2 is 1.50 bits per heavy atom. The van der Waals surface area contributed by atoms with Crippen LogP contribution in [0.15, 0.2) is 0 Å². The summed E-state index contributed by atoms with van der Waals surface area (Å²) in [6.45, 7) is 4.73. The zero-order chi connectivity index (χ0) is 11.8. The van der Waals surface area contributed by atoms with E-state index in [0.717, 1.165) is 25.7 Å². The number of carboxylic acid groups (broad SMARTS) is 1. The summed E-state index contributed by atoms with van der Waals surface area (Å²) in [6, 6.07) is 0. The lowest BCUT2D eigenvalue weighted by atomic mass is 9.58. The molecule has 0 atom stereocenters. The Kier molecular flexibility index (Phi) is 3.02. The molecule has 0 amide bonds. The highest BCUT2D eigenvalue weighted by atomic mass is 16.4. The van der Waals surface area contributed by atoms with Gasteiger partial charge in [0.15, 0.2) is 0 Å². The third-order valence-electron chi connectivity index (χ3n) is 5.06. The predicted octanol–water partition coefficient (Wildman–Crippen LogP) is 3.85. The summed E-state index contributed by atoms with van der Waals surface area (Å²) in [5.41, 5.74) is 1.04. The molecule has 1 spiro atoms. The second-order valence-electron chi connectivity index (χ2n) is 6.78. The molecule has 0 aromatic carbocycles. The summed E-state index contributed by atoms with van der Waals surface area (Å²) in [5, 5.41) is 9.01. The molecule has 16 heavy (non-hydrogen) atoms. The molecule has 2 fully saturated rings. The third kappa shape index (κ3) is 2.41. The van der Waals surface area contributed by atoms with Crippen molar-refractivity contribution in [2.75, 3.05) is 0 Å². The molecule has 0 heterocycles. The van der Waals surface area contributed by atoms with Crippen molar-refractivity contribution in [3.8, 4) is 0 Å². The fraction of sp³-hybridized carbons (Fsp3) is 0.929. The topological polar surface area (TPSA) is 37.3 Å². The third-order valence-corrected chi connectivity index (χ3v) is 5.06. The number of rotatable bonds is 1. The summed E-state index contributed by atoms with van der Waals surface area (Å²) in [7, 11) is 0. The number of hydrogen-bond donors (Lipinski definition) is 1. The Labute approximate surface area is 98.4 Å². The maximum absolute atomic E-state index is 10.9. The first-order valence-electron chi connectivity index (χ1n) is 6.65. The van der Waals surface area contributed by atoms with Crippen molar-refractivity contribution < 1.29 is 9.90 Å². The molecular formula is C14H24O2. The molecule has 0 aliphatic heterocycles. The Hall–Kier alpha value is -0.530. The highest BCUT2D eigenvalue weighted by Gasteiger charge is 2.41. The first-order valence-corrected chi connectivity index (χ1v) is 6.65. The standard InChI is InChI=1S/C14H24O2/c1-13(2)7-9-14(10-8-13)5-3-11(4-6-14)12(15)16/h11H,3-10H2,1-2H3,(H,15,16). The minimum Gasteiger partial charge on any atom is -0.481 e. The highest BCUT2D eigenvalue weighted by Crippen LogP contribution is 2.53. The second-order valence-corrected chi connectivity index (χ2v) is 6.78. The molecule has 0 unspecified atom stereocenters. The maximum atomic E-state index is 10.9. The Balaban J connectivity index is 1.91. The van der Waals surface area contributed by atoms with E-state index in [2.05, 4.69) is 13.8 Å². The molecule has 2 aliphatic rings. The maximum Gasteiger partial charge on any atom is 0.306 e. The Morgan fingerprint density at radius 3 is 1.94 bits per heavy atom. The van der Waals surface area contributed by atoms with Gasteiger partial charge in [0, 0.05) is 0 Å². The lowest BCUT2D eigenvalue weighted by molar-refractivity contribution is -0.144. The van der Waals surface area contributed by atoms with Gasteiger partial charge in [-0.05, 0) is 62.2 Å². The van der Waals surface area contributed by atoms with Gasteiger partial charge < -0.3 is 5.11 Å². The average Bonchev–Trinajstić information content (AvgIpc) is 2.24. The van der Waals surface area contributed by atoms with E-state index in [1.165, 1.54) is 25.7 Å². The zero-order valence-electron chi connectivity index (χ0n) is 10.6. The number of carboxylic acids is 1. The van der Waals surface area contributed by atoms with Crippen molar-refractivity contribution in [3.05, 3.63) is 0 Å². The van der Waals surface area contributed by atoms with Gasteiger partial charge in [-0.2, -0.15) is 0 Å². The van der Waals surface area contributed by atoms with E-state index in [1.807, 2.05) is 0 Å². The SMILES string of the molecule is CC1(C)CCC2(CCC(C(=O)O)CC2)CC1. The Bertz CT molecular complexity index is 260. The van der Waals surface area contributed by atoms with Crippen LogP contribution in [0.25, 0.3) is 0 Å². The number of aliphatic carboxylic acids is 1. The molecule has 2 aliphatic carbocycles. The molecule has 2 heteroatoms. The lowest BCUT2D eigenvalue weighted by Crippen LogP contribution is -2.36. The summed E-state index contributed by atoms with van der Waals surface area (Å²) in [4.78, 5) is 10.9. The number of hydrogen-bond acceptors (Lipinski definition) is 1. The van der Waals surface area contributed by atoms with E-state index in [0.29, 0.717) is 10.8 Å². The van der Waals surface area contributed by atoms with Crippen molar-refractivity contribution >= 4 is 5.97 Å². The first-order chi connectivity index (χ1) is 7.43. The van der Waals surface area contributed by atoms with E-state index >= 15 is 0 Å². The van der Waals surface area contributed by atoms with Gasteiger partial charge in [0.05, 0.1) is 5.92 Å². The van der Waals surface area contributed by atoms with Crippen LogP contribution < -0.4 is 0 Å². The normalized spacial score (nSPS) is 29.1. The largest absolute Gasteiger partial charge is 0.481 e. The van der Waals surface area contributed by atoms with Crippen molar-refractivity contribution in [1.29, 1.82) is 0 Å².